The van der Waals surface area contributed by atoms with Crippen LogP contribution in [0.15, 0.2) is 60.8 Å². The fourth-order valence-corrected chi connectivity index (χ4v) is 4.23. The van der Waals surface area contributed by atoms with E-state index >= 15 is 0 Å². The van der Waals surface area contributed by atoms with Gasteiger partial charge in [0.25, 0.3) is 0 Å². The molecule has 0 unspecified atom stereocenters. The van der Waals surface area contributed by atoms with E-state index in [9.17, 15) is 0 Å². The van der Waals surface area contributed by atoms with Gasteiger partial charge in [-0.1, -0.05) is 42.5 Å². The molecule has 0 amide bonds. The Morgan fingerprint density at radius 1 is 0.833 bits per heavy atom. The number of aryl methyl sites for hydroxylation is 1. The number of likely N-dealkylation sites (N-methyl/N-ethyl adjacent to an activating group) is 1. The average Bonchev–Trinajstić information content (AvgIpc) is 3.27. The van der Waals surface area contributed by atoms with E-state index < -0.39 is 0 Å². The molecule has 2 aromatic heterocycles. The van der Waals surface area contributed by atoms with Gasteiger partial charge in [-0.3, -0.25) is 4.40 Å². The van der Waals surface area contributed by atoms with E-state index in [1.54, 1.807) is 0 Å². The summed E-state index contributed by atoms with van der Waals surface area (Å²) in [5, 5.41) is 0. The van der Waals surface area contributed by atoms with Gasteiger partial charge in [0.1, 0.15) is 0 Å². The Morgan fingerprint density at radius 3 is 2.30 bits per heavy atom. The zero-order chi connectivity index (χ0) is 18.9. The highest BCUT2D eigenvalue weighted by Gasteiger charge is 2.17. The largest absolute Gasteiger partial charge is 0.310 e. The molecule has 1 aliphatic heterocycles. The lowest BCUT2D eigenvalue weighted by atomic mass is 10.1. The van der Waals surface area contributed by atoms with Gasteiger partial charge in [-0.25, -0.2) is 4.98 Å². The molecular weight excluding hydrogens is 417 g/mol. The minimum Gasteiger partial charge on any atom is -0.310 e. The normalized spacial score (nSPS) is 15.2. The number of aromatic nitrogens is 3. The lowest BCUT2D eigenvalue weighted by molar-refractivity contribution is 0.151. The Hall–Kier alpha value is -2.05. The van der Waals surface area contributed by atoms with Gasteiger partial charge in [0.05, 0.1) is 16.7 Å². The van der Waals surface area contributed by atoms with E-state index in [0.29, 0.717) is 0 Å². The Labute approximate surface area is 190 Å². The molecule has 3 heterocycles. The van der Waals surface area contributed by atoms with Crippen LogP contribution in [0.2, 0.25) is 0 Å². The first-order chi connectivity index (χ1) is 13.8. The summed E-state index contributed by atoms with van der Waals surface area (Å²) in [5.41, 5.74) is 4.72. The second kappa shape index (κ2) is 9.84. The van der Waals surface area contributed by atoms with Crippen molar-refractivity contribution in [3.63, 3.8) is 0 Å². The highest BCUT2D eigenvalue weighted by molar-refractivity contribution is 5.85. The standard InChI is InChI=1S/C23H27N5.2ClH/c1-25-14-16-26(17-15-25)12-7-13-27-22(19-8-3-2-4-9-19)18-28-21-11-6-5-10-20(21)24-23(27)28;;/h2-6,8-11,18H,7,12-17H2,1H3;2*1H. The molecule has 1 saturated heterocycles. The summed E-state index contributed by atoms with van der Waals surface area (Å²) in [5.74, 6) is 1.04. The maximum Gasteiger partial charge on any atom is 0.215 e. The minimum atomic E-state index is 0. The lowest BCUT2D eigenvalue weighted by Crippen LogP contribution is -2.44. The van der Waals surface area contributed by atoms with Gasteiger partial charge in [0, 0.05) is 38.9 Å². The summed E-state index contributed by atoms with van der Waals surface area (Å²) < 4.78 is 4.64. The van der Waals surface area contributed by atoms with Crippen LogP contribution in [0.4, 0.5) is 0 Å². The molecule has 0 radical (unpaired) electrons. The molecule has 0 spiro atoms. The number of rotatable bonds is 5. The van der Waals surface area contributed by atoms with E-state index in [1.165, 1.54) is 43.0 Å². The zero-order valence-electron chi connectivity index (χ0n) is 17.3. The first kappa shape index (κ1) is 22.6. The summed E-state index contributed by atoms with van der Waals surface area (Å²) in [6.07, 6.45) is 3.38. The van der Waals surface area contributed by atoms with E-state index in [0.717, 1.165) is 30.8 Å². The molecule has 0 bridgehead atoms. The van der Waals surface area contributed by atoms with E-state index in [-0.39, 0.29) is 24.8 Å². The summed E-state index contributed by atoms with van der Waals surface area (Å²) in [6, 6.07) is 19.1. The van der Waals surface area contributed by atoms with Gasteiger partial charge < -0.3 is 14.4 Å². The summed E-state index contributed by atoms with van der Waals surface area (Å²) in [4.78, 5) is 9.94. The monoisotopic (exact) mass is 445 g/mol. The molecule has 1 aliphatic rings. The van der Waals surface area contributed by atoms with Gasteiger partial charge in [0.2, 0.25) is 5.78 Å². The fraction of sp³-hybridized carbons (Fsp3) is 0.348. The fourth-order valence-electron chi connectivity index (χ4n) is 4.23. The van der Waals surface area contributed by atoms with Crippen LogP contribution in [0.5, 0.6) is 0 Å². The van der Waals surface area contributed by atoms with Crippen molar-refractivity contribution in [2.24, 2.45) is 0 Å². The van der Waals surface area contributed by atoms with Gasteiger partial charge in [-0.15, -0.1) is 24.8 Å². The number of hydrogen-bond donors (Lipinski definition) is 0. The van der Waals surface area contributed by atoms with Gasteiger partial charge in [0.15, 0.2) is 0 Å². The molecule has 2 aromatic carbocycles. The third kappa shape index (κ3) is 4.35. The van der Waals surface area contributed by atoms with E-state index in [1.807, 2.05) is 0 Å². The predicted octanol–water partition coefficient (Wildman–Crippen LogP) is 4.44. The molecule has 1 fully saturated rings. The lowest BCUT2D eigenvalue weighted by Gasteiger charge is -2.32. The smallest absolute Gasteiger partial charge is 0.215 e. The molecule has 160 valence electrons. The molecule has 0 atom stereocenters. The van der Waals surface area contributed by atoms with E-state index in [4.69, 9.17) is 4.98 Å². The number of imidazole rings is 2. The van der Waals surface area contributed by atoms with Crippen molar-refractivity contribution in [2.45, 2.75) is 13.0 Å². The quantitative estimate of drug-likeness (QED) is 0.454. The van der Waals surface area contributed by atoms with Crippen molar-refractivity contribution in [3.8, 4) is 11.3 Å². The third-order valence-electron chi connectivity index (χ3n) is 5.88. The van der Waals surface area contributed by atoms with Crippen molar-refractivity contribution in [2.75, 3.05) is 39.8 Å². The molecular formula is C23H29Cl2N5. The topological polar surface area (TPSA) is 28.7 Å². The zero-order valence-corrected chi connectivity index (χ0v) is 18.9. The maximum absolute atomic E-state index is 4.94. The van der Waals surface area contributed by atoms with Gasteiger partial charge >= 0.3 is 0 Å². The maximum atomic E-state index is 4.94. The number of hydrogen-bond acceptors (Lipinski definition) is 3. The molecule has 7 heteroatoms. The van der Waals surface area contributed by atoms with Crippen LogP contribution in [0.1, 0.15) is 6.42 Å². The molecule has 0 N–H and O–H groups in total. The number of nitrogens with zero attached hydrogens (tertiary/aromatic N) is 5. The molecule has 0 aliphatic carbocycles. The van der Waals surface area contributed by atoms with Crippen molar-refractivity contribution in [3.05, 3.63) is 60.8 Å². The van der Waals surface area contributed by atoms with Crippen LogP contribution < -0.4 is 0 Å². The van der Waals surface area contributed by atoms with E-state index in [2.05, 4.69) is 86.6 Å². The second-order valence-electron chi connectivity index (χ2n) is 7.80. The minimum absolute atomic E-state index is 0. The van der Waals surface area contributed by atoms with Crippen molar-refractivity contribution < 1.29 is 0 Å². The van der Waals surface area contributed by atoms with Crippen LogP contribution in [0, 0.1) is 0 Å². The molecule has 30 heavy (non-hydrogen) atoms. The number of benzene rings is 2. The predicted molar refractivity (Wildman–Crippen MR) is 129 cm³/mol. The van der Waals surface area contributed by atoms with Crippen LogP contribution in [0.25, 0.3) is 28.1 Å². The molecule has 5 nitrogen and oxygen atoms in total. The van der Waals surface area contributed by atoms with Crippen molar-refractivity contribution in [1.29, 1.82) is 0 Å². The number of piperazine rings is 1. The Bertz CT molecular complexity index is 1080. The highest BCUT2D eigenvalue weighted by Crippen LogP contribution is 2.26. The third-order valence-corrected chi connectivity index (χ3v) is 5.88. The van der Waals surface area contributed by atoms with Crippen molar-refractivity contribution >= 4 is 41.6 Å². The summed E-state index contributed by atoms with van der Waals surface area (Å²) in [6.45, 7) is 6.83. The first-order valence-corrected chi connectivity index (χ1v) is 10.2. The van der Waals surface area contributed by atoms with Crippen molar-refractivity contribution in [1.82, 2.24) is 23.8 Å². The van der Waals surface area contributed by atoms with Crippen LogP contribution in [-0.4, -0.2) is 63.5 Å². The van der Waals surface area contributed by atoms with Crippen LogP contribution >= 0.6 is 24.8 Å². The second-order valence-corrected chi connectivity index (χ2v) is 7.80. The van der Waals surface area contributed by atoms with Crippen LogP contribution in [-0.2, 0) is 6.54 Å². The molecule has 4 aromatic rings. The average molecular weight is 446 g/mol. The van der Waals surface area contributed by atoms with Crippen LogP contribution in [0.3, 0.4) is 0 Å². The molecule has 0 saturated carbocycles. The summed E-state index contributed by atoms with van der Waals surface area (Å²) in [7, 11) is 2.21. The van der Waals surface area contributed by atoms with Gasteiger partial charge in [-0.05, 0) is 37.7 Å². The molecule has 5 rings (SSSR count). The Kier molecular flexibility index (Phi) is 7.42. The number of fused-ring (bicyclic) bond motifs is 3. The Morgan fingerprint density at radius 2 is 1.53 bits per heavy atom. The SMILES string of the molecule is CN1CCN(CCCn2c(-c3ccccc3)cn3c4ccccc4nc23)CC1.Cl.Cl. The first-order valence-electron chi connectivity index (χ1n) is 10.2. The number of halogens is 2. The highest BCUT2D eigenvalue weighted by atomic mass is 35.5. The number of para-hydroxylation sites is 2. The Balaban J connectivity index is 0.00000128. The summed E-state index contributed by atoms with van der Waals surface area (Å²) >= 11 is 0. The van der Waals surface area contributed by atoms with Gasteiger partial charge in [-0.2, -0.15) is 0 Å².